The van der Waals surface area contributed by atoms with Gasteiger partial charge in [-0.1, -0.05) is 30.3 Å². The van der Waals surface area contributed by atoms with E-state index in [1.54, 1.807) is 0 Å². The van der Waals surface area contributed by atoms with E-state index >= 15 is 0 Å². The standard InChI is InChI=1S/C20H22N4O/c1-16-14-24-9-5-8-18(19(24)21-16)20(25)23-12-10-22(11-13-23)15-17-6-3-2-4-7-17/h2-9,14H,10-13,15H2,1H3. The number of carbonyl (C=O) groups is 1. The zero-order valence-electron chi connectivity index (χ0n) is 14.4. The van der Waals surface area contributed by atoms with Gasteiger partial charge in [-0.25, -0.2) is 4.98 Å². The molecule has 1 saturated heterocycles. The minimum absolute atomic E-state index is 0.0792. The predicted molar refractivity (Wildman–Crippen MR) is 97.6 cm³/mol. The number of hydrogen-bond donors (Lipinski definition) is 0. The molecule has 25 heavy (non-hydrogen) atoms. The van der Waals surface area contributed by atoms with Crippen LogP contribution >= 0.6 is 0 Å². The van der Waals surface area contributed by atoms with Gasteiger partial charge in [0.25, 0.3) is 5.91 Å². The molecule has 0 aliphatic carbocycles. The topological polar surface area (TPSA) is 40.9 Å². The van der Waals surface area contributed by atoms with Gasteiger partial charge in [-0.05, 0) is 24.6 Å². The molecule has 5 heteroatoms. The lowest BCUT2D eigenvalue weighted by Gasteiger charge is -2.34. The van der Waals surface area contributed by atoms with Crippen LogP contribution in [0.15, 0.2) is 54.9 Å². The van der Waals surface area contributed by atoms with Gasteiger partial charge in [-0.3, -0.25) is 9.69 Å². The Morgan fingerprint density at radius 2 is 1.80 bits per heavy atom. The van der Waals surface area contributed by atoms with E-state index < -0.39 is 0 Å². The number of aromatic nitrogens is 2. The number of nitrogens with zero attached hydrogens (tertiary/aromatic N) is 4. The van der Waals surface area contributed by atoms with Gasteiger partial charge in [-0.15, -0.1) is 0 Å². The normalized spacial score (nSPS) is 15.6. The number of pyridine rings is 1. The molecule has 1 fully saturated rings. The molecule has 0 unspecified atom stereocenters. The Labute approximate surface area is 147 Å². The summed E-state index contributed by atoms with van der Waals surface area (Å²) in [5.41, 5.74) is 3.68. The summed E-state index contributed by atoms with van der Waals surface area (Å²) in [6, 6.07) is 14.3. The van der Waals surface area contributed by atoms with Crippen molar-refractivity contribution in [3.63, 3.8) is 0 Å². The lowest BCUT2D eigenvalue weighted by molar-refractivity contribution is 0.0630. The van der Waals surface area contributed by atoms with E-state index in [-0.39, 0.29) is 5.91 Å². The third-order valence-electron chi connectivity index (χ3n) is 4.74. The monoisotopic (exact) mass is 334 g/mol. The largest absolute Gasteiger partial charge is 0.336 e. The van der Waals surface area contributed by atoms with Crippen molar-refractivity contribution < 1.29 is 4.79 Å². The predicted octanol–water partition coefficient (Wildman–Crippen LogP) is 2.60. The van der Waals surface area contributed by atoms with Gasteiger partial charge in [0.2, 0.25) is 0 Å². The van der Waals surface area contributed by atoms with Crippen LogP contribution in [0.4, 0.5) is 0 Å². The Balaban J connectivity index is 1.44. The van der Waals surface area contributed by atoms with Crippen molar-refractivity contribution in [2.45, 2.75) is 13.5 Å². The first-order chi connectivity index (χ1) is 12.2. The molecule has 1 aliphatic rings. The molecule has 3 heterocycles. The van der Waals surface area contributed by atoms with Crippen LogP contribution in [-0.4, -0.2) is 51.3 Å². The number of aryl methyl sites for hydroxylation is 1. The van der Waals surface area contributed by atoms with Gasteiger partial charge in [0.05, 0.1) is 11.3 Å². The number of hydrogen-bond acceptors (Lipinski definition) is 3. The van der Waals surface area contributed by atoms with Crippen LogP contribution in [0.1, 0.15) is 21.6 Å². The second kappa shape index (κ2) is 6.69. The molecule has 2 aromatic heterocycles. The Kier molecular flexibility index (Phi) is 4.24. The molecule has 0 N–H and O–H groups in total. The van der Waals surface area contributed by atoms with Crippen LogP contribution in [-0.2, 0) is 6.54 Å². The van der Waals surface area contributed by atoms with Crippen LogP contribution in [0, 0.1) is 6.92 Å². The maximum absolute atomic E-state index is 12.9. The van der Waals surface area contributed by atoms with E-state index in [1.165, 1.54) is 5.56 Å². The van der Waals surface area contributed by atoms with Gasteiger partial charge in [0.15, 0.2) is 0 Å². The molecule has 0 spiro atoms. The van der Waals surface area contributed by atoms with E-state index in [1.807, 2.05) is 46.8 Å². The Morgan fingerprint density at radius 3 is 2.56 bits per heavy atom. The highest BCUT2D eigenvalue weighted by atomic mass is 16.2. The Hall–Kier alpha value is -2.66. The summed E-state index contributed by atoms with van der Waals surface area (Å²) in [6.45, 7) is 6.20. The molecular formula is C20H22N4O. The smallest absolute Gasteiger partial charge is 0.257 e. The molecule has 1 aliphatic heterocycles. The van der Waals surface area contributed by atoms with E-state index in [0.29, 0.717) is 5.56 Å². The lowest BCUT2D eigenvalue weighted by atomic mass is 10.2. The zero-order chi connectivity index (χ0) is 17.2. The maximum Gasteiger partial charge on any atom is 0.257 e. The molecule has 0 atom stereocenters. The summed E-state index contributed by atoms with van der Waals surface area (Å²) in [5.74, 6) is 0.0792. The summed E-state index contributed by atoms with van der Waals surface area (Å²) in [6.07, 6.45) is 3.88. The minimum Gasteiger partial charge on any atom is -0.336 e. The highest BCUT2D eigenvalue weighted by Gasteiger charge is 2.24. The van der Waals surface area contributed by atoms with Crippen molar-refractivity contribution in [1.82, 2.24) is 19.2 Å². The van der Waals surface area contributed by atoms with Gasteiger partial charge in [0.1, 0.15) is 5.65 Å². The van der Waals surface area contributed by atoms with Gasteiger partial charge in [0, 0.05) is 45.1 Å². The molecular weight excluding hydrogens is 312 g/mol. The first-order valence-corrected chi connectivity index (χ1v) is 8.70. The van der Waals surface area contributed by atoms with Crippen LogP contribution in [0.5, 0.6) is 0 Å². The fourth-order valence-electron chi connectivity index (χ4n) is 3.42. The van der Waals surface area contributed by atoms with Crippen molar-refractivity contribution in [3.05, 3.63) is 71.7 Å². The van der Waals surface area contributed by atoms with Crippen LogP contribution in [0.2, 0.25) is 0 Å². The SMILES string of the molecule is Cc1cn2cccc(C(=O)N3CCN(Cc4ccccc4)CC3)c2n1. The Morgan fingerprint density at radius 1 is 1.04 bits per heavy atom. The fourth-order valence-corrected chi connectivity index (χ4v) is 3.42. The number of carbonyl (C=O) groups excluding carboxylic acids is 1. The van der Waals surface area contributed by atoms with Gasteiger partial charge < -0.3 is 9.30 Å². The summed E-state index contributed by atoms with van der Waals surface area (Å²) < 4.78 is 1.92. The highest BCUT2D eigenvalue weighted by Crippen LogP contribution is 2.16. The second-order valence-electron chi connectivity index (χ2n) is 6.59. The number of imidazole rings is 1. The van der Waals surface area contributed by atoms with Crippen LogP contribution < -0.4 is 0 Å². The van der Waals surface area contributed by atoms with E-state index in [2.05, 4.69) is 34.1 Å². The third-order valence-corrected chi connectivity index (χ3v) is 4.74. The molecule has 1 aromatic carbocycles. The van der Waals surface area contributed by atoms with Crippen molar-refractivity contribution >= 4 is 11.6 Å². The number of benzene rings is 1. The quantitative estimate of drug-likeness (QED) is 0.739. The fraction of sp³-hybridized carbons (Fsp3) is 0.300. The number of fused-ring (bicyclic) bond motifs is 1. The second-order valence-corrected chi connectivity index (χ2v) is 6.59. The third kappa shape index (κ3) is 3.28. The molecule has 4 rings (SSSR count). The molecule has 5 nitrogen and oxygen atoms in total. The maximum atomic E-state index is 12.9. The van der Waals surface area contributed by atoms with Crippen LogP contribution in [0.25, 0.3) is 5.65 Å². The Bertz CT molecular complexity index is 879. The highest BCUT2D eigenvalue weighted by molar-refractivity contribution is 5.99. The summed E-state index contributed by atoms with van der Waals surface area (Å²) >= 11 is 0. The first-order valence-electron chi connectivity index (χ1n) is 8.70. The lowest BCUT2D eigenvalue weighted by Crippen LogP contribution is -2.48. The average Bonchev–Trinajstić information content (AvgIpc) is 3.03. The number of piperazine rings is 1. The summed E-state index contributed by atoms with van der Waals surface area (Å²) in [7, 11) is 0. The van der Waals surface area contributed by atoms with Crippen molar-refractivity contribution in [1.29, 1.82) is 0 Å². The van der Waals surface area contributed by atoms with E-state index in [0.717, 1.165) is 44.1 Å². The van der Waals surface area contributed by atoms with Gasteiger partial charge >= 0.3 is 0 Å². The zero-order valence-corrected chi connectivity index (χ0v) is 14.4. The van der Waals surface area contributed by atoms with Gasteiger partial charge in [-0.2, -0.15) is 0 Å². The molecule has 1 amide bonds. The number of rotatable bonds is 3. The molecule has 0 radical (unpaired) electrons. The molecule has 128 valence electrons. The molecule has 3 aromatic rings. The average molecular weight is 334 g/mol. The first kappa shape index (κ1) is 15.8. The van der Waals surface area contributed by atoms with Crippen molar-refractivity contribution in [2.24, 2.45) is 0 Å². The van der Waals surface area contributed by atoms with E-state index in [4.69, 9.17) is 0 Å². The molecule has 0 bridgehead atoms. The van der Waals surface area contributed by atoms with Crippen LogP contribution in [0.3, 0.4) is 0 Å². The van der Waals surface area contributed by atoms with Crippen molar-refractivity contribution in [3.8, 4) is 0 Å². The summed E-state index contributed by atoms with van der Waals surface area (Å²) in [4.78, 5) is 21.8. The van der Waals surface area contributed by atoms with Crippen molar-refractivity contribution in [2.75, 3.05) is 26.2 Å². The number of amides is 1. The van der Waals surface area contributed by atoms with E-state index in [9.17, 15) is 4.79 Å². The summed E-state index contributed by atoms with van der Waals surface area (Å²) in [5, 5.41) is 0. The minimum atomic E-state index is 0.0792. The molecule has 0 saturated carbocycles.